The number of halogens is 4. The Labute approximate surface area is 188 Å². The third-order valence-electron chi connectivity index (χ3n) is 4.42. The van der Waals surface area contributed by atoms with Crippen molar-refractivity contribution in [3.8, 4) is 28.2 Å². The highest BCUT2D eigenvalue weighted by Gasteiger charge is 2.24. The molecule has 4 rings (SSSR count). The molecule has 3 nitrogen and oxygen atoms in total. The van der Waals surface area contributed by atoms with Gasteiger partial charge in [-0.15, -0.1) is 0 Å². The summed E-state index contributed by atoms with van der Waals surface area (Å²) in [5.74, 6) is 0.188. The Hall–Kier alpha value is -1.15. The highest BCUT2D eigenvalue weighted by molar-refractivity contribution is 9.11. The molecule has 1 aliphatic carbocycles. The molecule has 2 aromatic rings. The first-order valence-corrected chi connectivity index (χ1v) is 11.0. The molecule has 1 aliphatic heterocycles. The summed E-state index contributed by atoms with van der Waals surface area (Å²) in [5.41, 5.74) is 3.93. The molecule has 27 heavy (non-hydrogen) atoms. The molecule has 2 aliphatic rings. The predicted molar refractivity (Wildman–Crippen MR) is 120 cm³/mol. The van der Waals surface area contributed by atoms with E-state index in [2.05, 4.69) is 63.7 Å². The summed E-state index contributed by atoms with van der Waals surface area (Å²) in [6.07, 6.45) is 0. The maximum absolute atomic E-state index is 12.4. The fourth-order valence-electron chi connectivity index (χ4n) is 3.13. The summed E-state index contributed by atoms with van der Waals surface area (Å²) >= 11 is 13.4. The van der Waals surface area contributed by atoms with Gasteiger partial charge in [-0.3, -0.25) is 4.79 Å². The first-order chi connectivity index (χ1) is 12.8. The van der Waals surface area contributed by atoms with Gasteiger partial charge in [0.1, 0.15) is 10.1 Å². The molecular formula is C20H9Br4O3-. The van der Waals surface area contributed by atoms with Crippen LogP contribution in [0.4, 0.5) is 0 Å². The van der Waals surface area contributed by atoms with E-state index in [1.165, 1.54) is 0 Å². The first-order valence-electron chi connectivity index (χ1n) is 7.80. The lowest BCUT2D eigenvalue weighted by Crippen LogP contribution is -2.07. The molecule has 136 valence electrons. The molecular weight excluding hydrogens is 608 g/mol. The zero-order chi connectivity index (χ0) is 19.5. The van der Waals surface area contributed by atoms with Gasteiger partial charge >= 0.3 is 0 Å². The quantitative estimate of drug-likeness (QED) is 0.217. The van der Waals surface area contributed by atoms with Crippen molar-refractivity contribution in [3.05, 3.63) is 70.1 Å². The largest absolute Gasteiger partial charge is 0.871 e. The van der Waals surface area contributed by atoms with Crippen molar-refractivity contribution in [1.29, 1.82) is 0 Å². The van der Waals surface area contributed by atoms with Crippen molar-refractivity contribution in [2.24, 2.45) is 0 Å². The fourth-order valence-corrected chi connectivity index (χ4v) is 5.53. The van der Waals surface area contributed by atoms with Crippen LogP contribution < -0.4 is 10.5 Å². The van der Waals surface area contributed by atoms with Crippen LogP contribution in [0.15, 0.2) is 63.5 Å². The standard InChI is InChI=1S/C20H10Br4O3/c1-8-4-2-3-5-9(8)14-10-6-12(21)17(25)15(23)19(10)27-20-11(14)7-13(22)18(26)16(20)24/h2-7,25H,1H3/p-1. The molecule has 0 fully saturated rings. The third kappa shape index (κ3) is 2.99. The number of fused-ring (bicyclic) bond motifs is 2. The molecule has 0 radical (unpaired) electrons. The maximum Gasteiger partial charge on any atom is 0.210 e. The average molecular weight is 617 g/mol. The van der Waals surface area contributed by atoms with E-state index >= 15 is 0 Å². The molecule has 0 spiro atoms. The van der Waals surface area contributed by atoms with E-state index in [4.69, 9.17) is 4.42 Å². The molecule has 0 atom stereocenters. The number of hydrogen-bond acceptors (Lipinski definition) is 3. The monoisotopic (exact) mass is 613 g/mol. The van der Waals surface area contributed by atoms with Gasteiger partial charge in [0.15, 0.2) is 5.76 Å². The Morgan fingerprint density at radius 3 is 2.33 bits per heavy atom. The molecule has 0 bridgehead atoms. The lowest BCUT2D eigenvalue weighted by atomic mass is 9.91. The fraction of sp³-hybridized carbons (Fsp3) is 0.0500. The lowest BCUT2D eigenvalue weighted by molar-refractivity contribution is -0.270. The SMILES string of the molecule is Cc1ccccc1-c1c2cc(Br)c(=O)c(Br)c-2oc2c(Br)c([O-])c(Br)cc12. The molecule has 7 heteroatoms. The minimum absolute atomic E-state index is 0.211. The molecule has 0 saturated carbocycles. The first kappa shape index (κ1) is 19.2. The summed E-state index contributed by atoms with van der Waals surface area (Å²) in [6, 6.07) is 11.5. The Morgan fingerprint density at radius 2 is 1.63 bits per heavy atom. The van der Waals surface area contributed by atoms with Crippen LogP contribution in [0.25, 0.3) is 33.4 Å². The molecule has 0 aromatic heterocycles. The zero-order valence-corrected chi connectivity index (χ0v) is 20.0. The van der Waals surface area contributed by atoms with Crippen LogP contribution in [0, 0.1) is 6.92 Å². The van der Waals surface area contributed by atoms with Crippen LogP contribution in [0.5, 0.6) is 5.75 Å². The van der Waals surface area contributed by atoms with Gasteiger partial charge in [-0.25, -0.2) is 0 Å². The number of aryl methyl sites for hydroxylation is 1. The van der Waals surface area contributed by atoms with Crippen molar-refractivity contribution < 1.29 is 9.52 Å². The minimum Gasteiger partial charge on any atom is -0.871 e. The van der Waals surface area contributed by atoms with Crippen molar-refractivity contribution in [2.45, 2.75) is 6.92 Å². The molecule has 1 heterocycles. The topological polar surface area (TPSA) is 53.3 Å². The summed E-state index contributed by atoms with van der Waals surface area (Å²) in [4.78, 5) is 12.4. The number of benzene rings is 3. The van der Waals surface area contributed by atoms with Gasteiger partial charge in [-0.05, 0) is 78.0 Å². The van der Waals surface area contributed by atoms with E-state index in [1.54, 1.807) is 12.1 Å². The van der Waals surface area contributed by atoms with E-state index < -0.39 is 0 Å². The van der Waals surface area contributed by atoms with E-state index in [-0.39, 0.29) is 11.2 Å². The zero-order valence-electron chi connectivity index (χ0n) is 13.7. The maximum atomic E-state index is 12.4. The third-order valence-corrected chi connectivity index (χ3v) is 7.04. The van der Waals surface area contributed by atoms with E-state index in [1.807, 2.05) is 31.2 Å². The van der Waals surface area contributed by atoms with Crippen LogP contribution in [0.3, 0.4) is 0 Å². The van der Waals surface area contributed by atoms with Crippen molar-refractivity contribution in [3.63, 3.8) is 0 Å². The number of rotatable bonds is 1. The summed E-state index contributed by atoms with van der Waals surface area (Å²) in [7, 11) is 0. The van der Waals surface area contributed by atoms with Gasteiger partial charge in [0.05, 0.1) is 8.95 Å². The Bertz CT molecular complexity index is 1260. The summed E-state index contributed by atoms with van der Waals surface area (Å²) in [5, 5.41) is 13.2. The van der Waals surface area contributed by atoms with Gasteiger partial charge in [0.2, 0.25) is 5.43 Å². The van der Waals surface area contributed by atoms with Gasteiger partial charge in [0, 0.05) is 21.0 Å². The van der Waals surface area contributed by atoms with Crippen LogP contribution in [0.1, 0.15) is 5.56 Å². The molecule has 0 unspecified atom stereocenters. The molecule has 2 aromatic carbocycles. The minimum atomic E-state index is -0.211. The van der Waals surface area contributed by atoms with E-state index in [9.17, 15) is 9.90 Å². The average Bonchev–Trinajstić information content (AvgIpc) is 2.64. The van der Waals surface area contributed by atoms with Gasteiger partial charge in [-0.1, -0.05) is 45.9 Å². The van der Waals surface area contributed by atoms with E-state index in [0.717, 1.165) is 27.6 Å². The van der Waals surface area contributed by atoms with Crippen molar-refractivity contribution >= 4 is 74.7 Å². The highest BCUT2D eigenvalue weighted by Crippen LogP contribution is 2.48. The second-order valence-corrected chi connectivity index (χ2v) is 9.34. The Kier molecular flexibility index (Phi) is 4.99. The van der Waals surface area contributed by atoms with Crippen molar-refractivity contribution in [2.75, 3.05) is 0 Å². The van der Waals surface area contributed by atoms with Gasteiger partial charge in [-0.2, -0.15) is 0 Å². The van der Waals surface area contributed by atoms with Crippen LogP contribution >= 0.6 is 63.7 Å². The predicted octanol–water partition coefficient (Wildman–Crippen LogP) is 7.00. The second-order valence-electron chi connectivity index (χ2n) is 6.05. The molecule has 0 saturated heterocycles. The van der Waals surface area contributed by atoms with Gasteiger partial charge in [0.25, 0.3) is 0 Å². The Balaban J connectivity index is 2.34. The summed E-state index contributed by atoms with van der Waals surface area (Å²) in [6.45, 7) is 2.02. The molecule has 0 N–H and O–H groups in total. The van der Waals surface area contributed by atoms with Crippen LogP contribution in [-0.2, 0) is 0 Å². The second kappa shape index (κ2) is 7.03. The Morgan fingerprint density at radius 1 is 0.926 bits per heavy atom. The van der Waals surface area contributed by atoms with Crippen LogP contribution in [-0.4, -0.2) is 0 Å². The lowest BCUT2D eigenvalue weighted by Gasteiger charge is -2.21. The molecule has 0 amide bonds. The van der Waals surface area contributed by atoms with Gasteiger partial charge < -0.3 is 9.52 Å². The highest BCUT2D eigenvalue weighted by atomic mass is 79.9. The smallest absolute Gasteiger partial charge is 0.210 e. The van der Waals surface area contributed by atoms with Crippen molar-refractivity contribution in [1.82, 2.24) is 0 Å². The number of hydrogen-bond donors (Lipinski definition) is 0. The normalized spacial score (nSPS) is 11.4. The van der Waals surface area contributed by atoms with Crippen LogP contribution in [0.2, 0.25) is 0 Å². The van der Waals surface area contributed by atoms with E-state index in [0.29, 0.717) is 29.2 Å². The summed E-state index contributed by atoms with van der Waals surface area (Å²) < 4.78 is 7.54.